The smallest absolute Gasteiger partial charge is 0.177 e. The van der Waals surface area contributed by atoms with Crippen LogP contribution in [0.2, 0.25) is 10.0 Å². The van der Waals surface area contributed by atoms with E-state index in [1.165, 1.54) is 5.56 Å². The van der Waals surface area contributed by atoms with Crippen LogP contribution in [0.15, 0.2) is 109 Å². The third kappa shape index (κ3) is 13.6. The Hall–Kier alpha value is -3.57. The van der Waals surface area contributed by atoms with E-state index in [-0.39, 0.29) is 29.8 Å². The second kappa shape index (κ2) is 19.5. The highest BCUT2D eigenvalue weighted by molar-refractivity contribution is 6.32. The van der Waals surface area contributed by atoms with E-state index in [1.807, 2.05) is 60.7 Å². The molecule has 0 radical (unpaired) electrons. The predicted octanol–water partition coefficient (Wildman–Crippen LogP) is 8.55. The first-order chi connectivity index (χ1) is 19.9. The van der Waals surface area contributed by atoms with Crippen LogP contribution in [-0.4, -0.2) is 30.0 Å². The van der Waals surface area contributed by atoms with Gasteiger partial charge in [0.25, 0.3) is 0 Å². The Kier molecular flexibility index (Phi) is 16.0. The molecule has 0 saturated heterocycles. The molecule has 4 aromatic rings. The molecular formula is C34H31Cl3O4. The van der Waals surface area contributed by atoms with E-state index >= 15 is 0 Å². The zero-order chi connectivity index (χ0) is 29.9. The van der Waals surface area contributed by atoms with Crippen LogP contribution in [0.3, 0.4) is 0 Å². The van der Waals surface area contributed by atoms with Crippen LogP contribution in [0, 0.1) is 5.92 Å². The van der Waals surface area contributed by atoms with E-state index < -0.39 is 0 Å². The van der Waals surface area contributed by atoms with Gasteiger partial charge in [0.15, 0.2) is 11.6 Å². The summed E-state index contributed by atoms with van der Waals surface area (Å²) in [4.78, 5) is 44.2. The third-order valence-electron chi connectivity index (χ3n) is 5.83. The second-order valence-corrected chi connectivity index (χ2v) is 10.1. The molecule has 0 saturated carbocycles. The van der Waals surface area contributed by atoms with E-state index in [0.29, 0.717) is 34.0 Å². The molecule has 0 N–H and O–H groups in total. The molecule has 1 atom stereocenters. The monoisotopic (exact) mass is 608 g/mol. The molecule has 0 heterocycles. The van der Waals surface area contributed by atoms with Gasteiger partial charge in [0.05, 0.1) is 5.88 Å². The van der Waals surface area contributed by atoms with Gasteiger partial charge < -0.3 is 9.59 Å². The molecule has 41 heavy (non-hydrogen) atoms. The van der Waals surface area contributed by atoms with Crippen molar-refractivity contribution >= 4 is 58.9 Å². The number of benzene rings is 4. The molecule has 0 aliphatic carbocycles. The molecule has 0 aromatic heterocycles. The molecule has 7 heteroatoms. The number of alkyl halides is 1. The molecule has 4 rings (SSSR count). The molecule has 0 fully saturated rings. The summed E-state index contributed by atoms with van der Waals surface area (Å²) >= 11 is 16.7. The van der Waals surface area contributed by atoms with Crippen LogP contribution >= 0.6 is 34.8 Å². The maximum absolute atomic E-state index is 12.1. The molecule has 0 amide bonds. The molecule has 4 aromatic carbocycles. The number of halogens is 3. The largest absolute Gasteiger partial charge is 0.303 e. The van der Waals surface area contributed by atoms with Gasteiger partial charge in [0.1, 0.15) is 12.6 Å². The van der Waals surface area contributed by atoms with Crippen LogP contribution in [0.1, 0.15) is 44.7 Å². The number of ketones is 2. The molecule has 0 bridgehead atoms. The maximum Gasteiger partial charge on any atom is 0.177 e. The van der Waals surface area contributed by atoms with Gasteiger partial charge in [-0.25, -0.2) is 0 Å². The molecule has 0 spiro atoms. The summed E-state index contributed by atoms with van der Waals surface area (Å²) in [6.07, 6.45) is 4.12. The van der Waals surface area contributed by atoms with Gasteiger partial charge in [-0.05, 0) is 72.5 Å². The maximum atomic E-state index is 12.1. The van der Waals surface area contributed by atoms with Crippen molar-refractivity contribution in [1.29, 1.82) is 0 Å². The zero-order valence-corrected chi connectivity index (χ0v) is 24.7. The lowest BCUT2D eigenvalue weighted by Gasteiger charge is -2.09. The normalized spacial score (nSPS) is 10.6. The minimum atomic E-state index is -0.291. The quantitative estimate of drug-likeness (QED) is 0.0971. The molecule has 212 valence electrons. The summed E-state index contributed by atoms with van der Waals surface area (Å²) in [6.45, 7) is 0. The van der Waals surface area contributed by atoms with Crippen molar-refractivity contribution in [2.75, 3.05) is 5.88 Å². The van der Waals surface area contributed by atoms with Gasteiger partial charge in [-0.1, -0.05) is 83.9 Å². The molecule has 0 unspecified atom stereocenters. The second-order valence-electron chi connectivity index (χ2n) is 8.97. The average molecular weight is 610 g/mol. The van der Waals surface area contributed by atoms with Crippen molar-refractivity contribution in [1.82, 2.24) is 0 Å². The van der Waals surface area contributed by atoms with Gasteiger partial charge in [0.2, 0.25) is 0 Å². The summed E-state index contributed by atoms with van der Waals surface area (Å²) in [5, 5.41) is 1.22. The van der Waals surface area contributed by atoms with Crippen LogP contribution in [0.25, 0.3) is 0 Å². The van der Waals surface area contributed by atoms with Gasteiger partial charge in [-0.15, -0.1) is 11.6 Å². The van der Waals surface area contributed by atoms with E-state index in [9.17, 15) is 19.2 Å². The van der Waals surface area contributed by atoms with E-state index in [4.69, 9.17) is 34.8 Å². The molecular weight excluding hydrogens is 579 g/mol. The Morgan fingerprint density at radius 2 is 1.10 bits per heavy atom. The Balaban J connectivity index is 0.000000236. The lowest BCUT2D eigenvalue weighted by molar-refractivity contribution is -0.111. The topological polar surface area (TPSA) is 68.3 Å². The van der Waals surface area contributed by atoms with Crippen LogP contribution < -0.4 is 0 Å². The lowest BCUT2D eigenvalue weighted by atomic mass is 9.93. The number of hydrogen-bond donors (Lipinski definition) is 0. The minimum absolute atomic E-state index is 0.0155. The average Bonchev–Trinajstić information content (AvgIpc) is 3.01. The number of Topliss-reactive ketones (excluding diaryl/α,β-unsaturated/α-hetero) is 2. The Morgan fingerprint density at radius 3 is 1.54 bits per heavy atom. The zero-order valence-electron chi connectivity index (χ0n) is 22.4. The van der Waals surface area contributed by atoms with Gasteiger partial charge in [-0.2, -0.15) is 0 Å². The highest BCUT2D eigenvalue weighted by Gasteiger charge is 2.15. The Bertz CT molecular complexity index is 1340. The van der Waals surface area contributed by atoms with Gasteiger partial charge >= 0.3 is 0 Å². The fraction of sp³-hybridized carbons (Fsp3) is 0.176. The Labute approximate surface area is 256 Å². The molecule has 0 aliphatic heterocycles. The number of carbonyl (C=O) groups excluding carboxylic acids is 4. The van der Waals surface area contributed by atoms with Crippen molar-refractivity contribution in [3.63, 3.8) is 0 Å². The standard InChI is InChI=1S/C17H15ClO2.C9H10O.C8H6Cl2O/c18-16-8-6-15(7-9-16)17(20)11-14(12-19)10-13-4-2-1-3-5-13;10-8-4-7-9-5-2-1-3-6-9;9-5-8(11)6-1-3-7(10)4-2-6/h1-9,12,14H,10-11H2;1-3,5-6,8H,4,7H2;1-4H,5H2/t14-;;/m1../s1. The van der Waals surface area contributed by atoms with Crippen LogP contribution in [0.5, 0.6) is 0 Å². The fourth-order valence-corrected chi connectivity index (χ4v) is 4.07. The van der Waals surface area contributed by atoms with E-state index in [1.54, 1.807) is 48.5 Å². The highest BCUT2D eigenvalue weighted by Crippen LogP contribution is 2.16. The number of aldehydes is 2. The lowest BCUT2D eigenvalue weighted by Crippen LogP contribution is -2.12. The first-order valence-corrected chi connectivity index (χ1v) is 14.3. The van der Waals surface area contributed by atoms with Crippen LogP contribution in [-0.2, 0) is 22.4 Å². The highest BCUT2D eigenvalue weighted by atomic mass is 35.5. The fourth-order valence-electron chi connectivity index (χ4n) is 3.66. The number of aryl methyl sites for hydroxylation is 1. The van der Waals surface area contributed by atoms with Crippen molar-refractivity contribution in [2.24, 2.45) is 5.92 Å². The van der Waals surface area contributed by atoms with Crippen molar-refractivity contribution in [3.05, 3.63) is 141 Å². The summed E-state index contributed by atoms with van der Waals surface area (Å²) in [5.74, 6) is -0.389. The van der Waals surface area contributed by atoms with Gasteiger partial charge in [-0.3, -0.25) is 9.59 Å². The molecule has 0 aliphatic rings. The van der Waals surface area contributed by atoms with Crippen molar-refractivity contribution < 1.29 is 19.2 Å². The van der Waals surface area contributed by atoms with E-state index in [2.05, 4.69) is 0 Å². The SMILES string of the molecule is O=C(CCl)c1ccc(Cl)cc1.O=CCCc1ccccc1.O=C[C@@H](CC(=O)c1ccc(Cl)cc1)Cc1ccccc1. The number of rotatable bonds is 11. The first kappa shape index (κ1) is 33.6. The minimum Gasteiger partial charge on any atom is -0.303 e. The molecule has 4 nitrogen and oxygen atoms in total. The number of carbonyl (C=O) groups is 4. The Morgan fingerprint density at radius 1 is 0.634 bits per heavy atom. The predicted molar refractivity (Wildman–Crippen MR) is 167 cm³/mol. The summed E-state index contributed by atoms with van der Waals surface area (Å²) in [7, 11) is 0. The van der Waals surface area contributed by atoms with Crippen LogP contribution in [0.4, 0.5) is 0 Å². The number of hydrogen-bond acceptors (Lipinski definition) is 4. The summed E-state index contributed by atoms with van der Waals surface area (Å²) < 4.78 is 0. The third-order valence-corrected chi connectivity index (χ3v) is 6.57. The van der Waals surface area contributed by atoms with Gasteiger partial charge in [0, 0.05) is 39.9 Å². The van der Waals surface area contributed by atoms with Crippen molar-refractivity contribution in [3.8, 4) is 0 Å². The summed E-state index contributed by atoms with van der Waals surface area (Å²) in [6, 6.07) is 33.1. The first-order valence-electron chi connectivity index (χ1n) is 13.0. The van der Waals surface area contributed by atoms with E-state index in [0.717, 1.165) is 24.6 Å². The summed E-state index contributed by atoms with van der Waals surface area (Å²) in [5.41, 5.74) is 3.49. The van der Waals surface area contributed by atoms with Crippen molar-refractivity contribution in [2.45, 2.75) is 25.7 Å².